The molecule has 8 heteroatoms. The van der Waals surface area contributed by atoms with Gasteiger partial charge < -0.3 is 5.32 Å². The molecule has 6 nitrogen and oxygen atoms in total. The number of sulfone groups is 1. The molecule has 2 aromatic rings. The molecule has 0 bridgehead atoms. The van der Waals surface area contributed by atoms with Gasteiger partial charge in [0.1, 0.15) is 0 Å². The summed E-state index contributed by atoms with van der Waals surface area (Å²) in [7, 11) is -2.86. The first-order chi connectivity index (χ1) is 14.0. The molecule has 1 aromatic carbocycles. The average molecular weight is 434 g/mol. The number of hydrogen-bond acceptors (Lipinski definition) is 6. The molecule has 29 heavy (non-hydrogen) atoms. The highest BCUT2D eigenvalue weighted by atomic mass is 32.2. The number of nitrogens with one attached hydrogen (secondary N) is 1. The number of piperazine rings is 1. The number of carbonyl (C=O) groups is 1. The minimum Gasteiger partial charge on any atom is -0.343 e. The molecule has 0 aliphatic carbocycles. The predicted octanol–water partition coefficient (Wildman–Crippen LogP) is 1.76. The first-order valence-corrected chi connectivity index (χ1v) is 12.7. The fourth-order valence-corrected chi connectivity index (χ4v) is 6.74. The van der Waals surface area contributed by atoms with Crippen LogP contribution in [0, 0.1) is 0 Å². The van der Waals surface area contributed by atoms with Gasteiger partial charge in [-0.1, -0.05) is 36.4 Å². The summed E-state index contributed by atoms with van der Waals surface area (Å²) in [5.41, 5.74) is 1.08. The van der Waals surface area contributed by atoms with E-state index in [9.17, 15) is 13.2 Å². The molecule has 2 aliphatic rings. The Morgan fingerprint density at radius 3 is 2.48 bits per heavy atom. The lowest BCUT2D eigenvalue weighted by Crippen LogP contribution is -2.52. The van der Waals surface area contributed by atoms with E-state index in [-0.39, 0.29) is 23.7 Å². The Bertz CT molecular complexity index is 908. The molecule has 1 amide bonds. The number of nitrogens with zero attached hydrogens (tertiary/aromatic N) is 2. The zero-order valence-electron chi connectivity index (χ0n) is 16.4. The lowest BCUT2D eigenvalue weighted by Gasteiger charge is -2.37. The summed E-state index contributed by atoms with van der Waals surface area (Å²) in [4.78, 5) is 18.3. The summed E-state index contributed by atoms with van der Waals surface area (Å²) in [5.74, 6) is 0.612. The first-order valence-electron chi connectivity index (χ1n) is 10.0. The summed E-state index contributed by atoms with van der Waals surface area (Å²) in [6, 6.07) is 14.1. The molecule has 2 aliphatic heterocycles. The number of hydrogen-bond donors (Lipinski definition) is 1. The molecule has 2 atom stereocenters. The van der Waals surface area contributed by atoms with Crippen molar-refractivity contribution in [2.45, 2.75) is 18.5 Å². The summed E-state index contributed by atoms with van der Waals surface area (Å²) >= 11 is 1.64. The maximum absolute atomic E-state index is 12.8. The van der Waals surface area contributed by atoms with Gasteiger partial charge in [0.25, 0.3) is 0 Å². The average Bonchev–Trinajstić information content (AvgIpc) is 3.37. The lowest BCUT2D eigenvalue weighted by atomic mass is 10.1. The third-order valence-electron chi connectivity index (χ3n) is 5.76. The van der Waals surface area contributed by atoms with Crippen molar-refractivity contribution >= 4 is 27.1 Å². The van der Waals surface area contributed by atoms with Crippen LogP contribution >= 0.6 is 11.3 Å². The second-order valence-corrected chi connectivity index (χ2v) is 11.0. The van der Waals surface area contributed by atoms with E-state index < -0.39 is 9.84 Å². The standard InChI is InChI=1S/C21H27N3O3S2/c25-20(22-21(19-7-4-13-28-19)17-5-2-1-3-6-17)15-23-9-11-24(12-10-23)18-8-14-29(26,27)16-18/h1-7,13,18,21H,8-12,14-16H2,(H,22,25)/t18-,21-/m1/s1. The van der Waals surface area contributed by atoms with E-state index >= 15 is 0 Å². The molecule has 0 unspecified atom stereocenters. The van der Waals surface area contributed by atoms with Crippen molar-refractivity contribution < 1.29 is 13.2 Å². The van der Waals surface area contributed by atoms with Gasteiger partial charge in [-0.05, 0) is 23.4 Å². The van der Waals surface area contributed by atoms with Crippen LogP contribution < -0.4 is 5.32 Å². The number of rotatable bonds is 6. The Morgan fingerprint density at radius 1 is 1.10 bits per heavy atom. The van der Waals surface area contributed by atoms with Crippen LogP contribution in [0.2, 0.25) is 0 Å². The number of amides is 1. The molecule has 0 spiro atoms. The van der Waals surface area contributed by atoms with Crippen LogP contribution in [-0.2, 0) is 14.6 Å². The molecule has 2 saturated heterocycles. The van der Waals surface area contributed by atoms with Crippen molar-refractivity contribution in [3.8, 4) is 0 Å². The zero-order chi connectivity index (χ0) is 20.3. The van der Waals surface area contributed by atoms with E-state index in [0.717, 1.165) is 43.0 Å². The maximum atomic E-state index is 12.8. The van der Waals surface area contributed by atoms with Gasteiger partial charge in [0, 0.05) is 37.1 Å². The molecule has 156 valence electrons. The van der Waals surface area contributed by atoms with E-state index in [4.69, 9.17) is 0 Å². The molecule has 3 heterocycles. The Balaban J connectivity index is 1.31. The summed E-state index contributed by atoms with van der Waals surface area (Å²) in [5, 5.41) is 5.22. The smallest absolute Gasteiger partial charge is 0.234 e. The summed E-state index contributed by atoms with van der Waals surface area (Å²) < 4.78 is 23.4. The third-order valence-corrected chi connectivity index (χ3v) is 8.45. The summed E-state index contributed by atoms with van der Waals surface area (Å²) in [6.45, 7) is 3.59. The van der Waals surface area contributed by atoms with Crippen LogP contribution in [0.25, 0.3) is 0 Å². The van der Waals surface area contributed by atoms with Crippen molar-refractivity contribution in [1.82, 2.24) is 15.1 Å². The second kappa shape index (κ2) is 8.95. The Morgan fingerprint density at radius 2 is 1.86 bits per heavy atom. The van der Waals surface area contributed by atoms with Gasteiger partial charge in [-0.25, -0.2) is 8.42 Å². The monoisotopic (exact) mass is 433 g/mol. The largest absolute Gasteiger partial charge is 0.343 e. The van der Waals surface area contributed by atoms with Gasteiger partial charge in [0.15, 0.2) is 9.84 Å². The SMILES string of the molecule is O=C(CN1CCN([C@@H]2CCS(=O)(=O)C2)CC1)N[C@H](c1ccccc1)c1cccs1. The zero-order valence-corrected chi connectivity index (χ0v) is 18.0. The van der Waals surface area contributed by atoms with Gasteiger partial charge in [0.05, 0.1) is 24.1 Å². The normalized spacial score (nSPS) is 23.7. The van der Waals surface area contributed by atoms with E-state index in [1.807, 2.05) is 41.8 Å². The number of carbonyl (C=O) groups excluding carboxylic acids is 1. The van der Waals surface area contributed by atoms with Crippen molar-refractivity contribution in [3.05, 3.63) is 58.3 Å². The van der Waals surface area contributed by atoms with Gasteiger partial charge in [0.2, 0.25) is 5.91 Å². The first kappa shape index (κ1) is 20.5. The molecule has 1 aromatic heterocycles. The fraction of sp³-hybridized carbons (Fsp3) is 0.476. The van der Waals surface area contributed by atoms with Crippen molar-refractivity contribution in [2.24, 2.45) is 0 Å². The van der Waals surface area contributed by atoms with E-state index in [2.05, 4.69) is 21.2 Å². The topological polar surface area (TPSA) is 69.7 Å². The Kier molecular flexibility index (Phi) is 6.34. The van der Waals surface area contributed by atoms with Crippen LogP contribution in [-0.4, -0.2) is 74.4 Å². The van der Waals surface area contributed by atoms with Crippen LogP contribution in [0.5, 0.6) is 0 Å². The van der Waals surface area contributed by atoms with Crippen LogP contribution in [0.1, 0.15) is 22.9 Å². The molecular formula is C21H27N3O3S2. The number of thiophene rings is 1. The highest BCUT2D eigenvalue weighted by molar-refractivity contribution is 7.91. The number of benzene rings is 1. The summed E-state index contributed by atoms with van der Waals surface area (Å²) in [6.07, 6.45) is 0.738. The van der Waals surface area contributed by atoms with Gasteiger partial charge in [-0.2, -0.15) is 0 Å². The molecule has 0 saturated carbocycles. The quantitative estimate of drug-likeness (QED) is 0.752. The van der Waals surface area contributed by atoms with Gasteiger partial charge in [-0.3, -0.25) is 14.6 Å². The van der Waals surface area contributed by atoms with E-state index in [0.29, 0.717) is 12.3 Å². The van der Waals surface area contributed by atoms with Crippen LogP contribution in [0.15, 0.2) is 47.8 Å². The van der Waals surface area contributed by atoms with Crippen molar-refractivity contribution in [1.29, 1.82) is 0 Å². The minimum absolute atomic E-state index is 0.0177. The molecular weight excluding hydrogens is 406 g/mol. The predicted molar refractivity (Wildman–Crippen MR) is 116 cm³/mol. The fourth-order valence-electron chi connectivity index (χ4n) is 4.18. The Hall–Kier alpha value is -1.74. The lowest BCUT2D eigenvalue weighted by molar-refractivity contribution is -0.123. The minimum atomic E-state index is -2.86. The third kappa shape index (κ3) is 5.25. The maximum Gasteiger partial charge on any atom is 0.234 e. The van der Waals surface area contributed by atoms with Crippen molar-refractivity contribution in [2.75, 3.05) is 44.2 Å². The molecule has 4 rings (SSSR count). The highest BCUT2D eigenvalue weighted by Crippen LogP contribution is 2.26. The van der Waals surface area contributed by atoms with Crippen molar-refractivity contribution in [3.63, 3.8) is 0 Å². The Labute approximate surface area is 176 Å². The molecule has 0 radical (unpaired) electrons. The van der Waals surface area contributed by atoms with E-state index in [1.54, 1.807) is 11.3 Å². The molecule has 2 fully saturated rings. The molecule has 1 N–H and O–H groups in total. The van der Waals surface area contributed by atoms with Gasteiger partial charge >= 0.3 is 0 Å². The van der Waals surface area contributed by atoms with E-state index in [1.165, 1.54) is 0 Å². The highest BCUT2D eigenvalue weighted by Gasteiger charge is 2.34. The second-order valence-electron chi connectivity index (χ2n) is 7.80. The van der Waals surface area contributed by atoms with Gasteiger partial charge in [-0.15, -0.1) is 11.3 Å². The van der Waals surface area contributed by atoms with Crippen LogP contribution in [0.4, 0.5) is 0 Å². The van der Waals surface area contributed by atoms with Crippen LogP contribution in [0.3, 0.4) is 0 Å².